The Morgan fingerprint density at radius 1 is 1.44 bits per heavy atom. The van der Waals surface area contributed by atoms with Crippen LogP contribution in [-0.2, 0) is 0 Å². The molecule has 2 aromatic rings. The van der Waals surface area contributed by atoms with Gasteiger partial charge in [-0.05, 0) is 6.92 Å². The highest BCUT2D eigenvalue weighted by Crippen LogP contribution is 2.27. The van der Waals surface area contributed by atoms with Gasteiger partial charge in [-0.15, -0.1) is 0 Å². The van der Waals surface area contributed by atoms with Crippen LogP contribution in [0.5, 0.6) is 0 Å². The van der Waals surface area contributed by atoms with Crippen molar-refractivity contribution in [1.82, 2.24) is 0 Å². The smallest absolute Gasteiger partial charge is 0.197 e. The van der Waals surface area contributed by atoms with Gasteiger partial charge in [0.25, 0.3) is 0 Å². The number of thiol groups is 1. The largest absolute Gasteiger partial charge is 0.459 e. The summed E-state index contributed by atoms with van der Waals surface area (Å²) in [7, 11) is 1.95. The number of fused-ring (bicyclic) bond motifs is 1. The summed E-state index contributed by atoms with van der Waals surface area (Å²) in [4.78, 5) is 1.98. The quantitative estimate of drug-likeness (QED) is 0.672. The molecule has 2 aromatic heterocycles. The normalized spacial score (nSPS) is 10.9. The first kappa shape index (κ1) is 11.5. The van der Waals surface area contributed by atoms with Gasteiger partial charge in [-0.25, -0.2) is 0 Å². The van der Waals surface area contributed by atoms with Crippen molar-refractivity contribution in [2.75, 3.05) is 24.2 Å². The minimum absolute atomic E-state index is 0.649. The Balaban J connectivity index is 2.56. The van der Waals surface area contributed by atoms with Gasteiger partial charge in [0, 0.05) is 31.0 Å². The molecule has 0 bridgehead atoms. The first-order valence-corrected chi connectivity index (χ1v) is 6.01. The summed E-state index contributed by atoms with van der Waals surface area (Å²) < 4.78 is 11.8. The van der Waals surface area contributed by atoms with Gasteiger partial charge in [0.15, 0.2) is 17.1 Å². The number of hydrogen-bond acceptors (Lipinski definition) is 5. The predicted octanol–water partition coefficient (Wildman–Crippen LogP) is 3.43. The summed E-state index contributed by atoms with van der Waals surface area (Å²) >= 11 is 9.45. The first-order chi connectivity index (χ1) is 7.63. The molecule has 0 amide bonds. The van der Waals surface area contributed by atoms with Gasteiger partial charge in [-0.3, -0.25) is 0 Å². The minimum atomic E-state index is 0.649. The molecule has 0 aliphatic carbocycles. The molecule has 0 aromatic carbocycles. The molecule has 0 aliphatic rings. The van der Waals surface area contributed by atoms with Crippen molar-refractivity contribution in [3.8, 4) is 0 Å². The molecule has 0 N–H and O–H groups in total. The van der Waals surface area contributed by atoms with Gasteiger partial charge in [-0.2, -0.15) is 12.6 Å². The van der Waals surface area contributed by atoms with E-state index in [0.29, 0.717) is 10.1 Å². The lowest BCUT2D eigenvalue weighted by Crippen LogP contribution is -2.19. The van der Waals surface area contributed by atoms with Crippen molar-refractivity contribution in [1.29, 1.82) is 0 Å². The molecule has 0 spiro atoms. The highest BCUT2D eigenvalue weighted by atomic mass is 32.1. The van der Waals surface area contributed by atoms with E-state index in [-0.39, 0.29) is 0 Å². The lowest BCUT2D eigenvalue weighted by molar-refractivity contribution is 0.573. The summed E-state index contributed by atoms with van der Waals surface area (Å²) in [6.07, 6.45) is 1.66. The van der Waals surface area contributed by atoms with Crippen LogP contribution in [0.4, 0.5) is 5.88 Å². The van der Waals surface area contributed by atoms with E-state index >= 15 is 0 Å². The van der Waals surface area contributed by atoms with Gasteiger partial charge in [0.1, 0.15) is 0 Å². The summed E-state index contributed by atoms with van der Waals surface area (Å²) in [5, 5.41) is 0. The van der Waals surface area contributed by atoms with E-state index < -0.39 is 0 Å². The fourth-order valence-electron chi connectivity index (χ4n) is 1.49. The molecule has 0 atom stereocenters. The Labute approximate surface area is 104 Å². The van der Waals surface area contributed by atoms with Gasteiger partial charge in [0.2, 0.25) is 0 Å². The summed E-state index contributed by atoms with van der Waals surface area (Å²) in [5.41, 5.74) is 2.34. The van der Waals surface area contributed by atoms with E-state index in [9.17, 15) is 0 Å². The fraction of sp³-hybridized carbons (Fsp3) is 0.364. The number of hydrogen-bond donors (Lipinski definition) is 1. The highest BCUT2D eigenvalue weighted by Gasteiger charge is 2.10. The Morgan fingerprint density at radius 2 is 2.19 bits per heavy atom. The molecule has 0 aliphatic heterocycles. The van der Waals surface area contributed by atoms with Crippen molar-refractivity contribution in [2.45, 2.75) is 6.92 Å². The molecular weight excluding hydrogens is 242 g/mol. The van der Waals surface area contributed by atoms with Crippen LogP contribution in [0.3, 0.4) is 0 Å². The topological polar surface area (TPSA) is 29.5 Å². The molecule has 86 valence electrons. The maximum Gasteiger partial charge on any atom is 0.197 e. The van der Waals surface area contributed by atoms with Crippen LogP contribution in [0.1, 0.15) is 5.56 Å². The van der Waals surface area contributed by atoms with E-state index in [0.717, 1.165) is 29.3 Å². The average molecular weight is 255 g/mol. The molecule has 16 heavy (non-hydrogen) atoms. The van der Waals surface area contributed by atoms with E-state index in [1.165, 1.54) is 0 Å². The number of rotatable bonds is 3. The lowest BCUT2D eigenvalue weighted by atomic mass is 10.3. The van der Waals surface area contributed by atoms with Crippen molar-refractivity contribution in [3.63, 3.8) is 0 Å². The van der Waals surface area contributed by atoms with Gasteiger partial charge >= 0.3 is 0 Å². The van der Waals surface area contributed by atoms with Crippen molar-refractivity contribution in [3.05, 3.63) is 22.4 Å². The fourth-order valence-corrected chi connectivity index (χ4v) is 2.03. The number of aryl methyl sites for hydroxylation is 1. The molecule has 0 radical (unpaired) electrons. The third-order valence-corrected chi connectivity index (χ3v) is 2.92. The second-order valence-electron chi connectivity index (χ2n) is 3.67. The Morgan fingerprint density at radius 3 is 2.88 bits per heavy atom. The molecule has 0 saturated carbocycles. The van der Waals surface area contributed by atoms with Gasteiger partial charge in [0.05, 0.1) is 10.8 Å². The lowest BCUT2D eigenvalue weighted by Gasteiger charge is -2.15. The summed E-state index contributed by atoms with van der Waals surface area (Å²) in [6, 6.07) is 1.81. The van der Waals surface area contributed by atoms with Crippen LogP contribution in [0.15, 0.2) is 21.2 Å². The van der Waals surface area contributed by atoms with Crippen LogP contribution in [-0.4, -0.2) is 19.3 Å². The Kier molecular flexibility index (Phi) is 3.25. The molecular formula is C11H13NO2S2. The third-order valence-electron chi connectivity index (χ3n) is 2.41. The minimum Gasteiger partial charge on any atom is -0.459 e. The predicted molar refractivity (Wildman–Crippen MR) is 71.2 cm³/mol. The van der Waals surface area contributed by atoms with Gasteiger partial charge < -0.3 is 13.7 Å². The van der Waals surface area contributed by atoms with Crippen LogP contribution < -0.4 is 4.90 Å². The zero-order valence-corrected chi connectivity index (χ0v) is 10.9. The number of anilines is 1. The van der Waals surface area contributed by atoms with Gasteiger partial charge in [-0.1, -0.05) is 12.2 Å². The SMILES string of the molecule is Cc1coc2c(=S)cc(N(C)CCS)oc12. The van der Waals surface area contributed by atoms with E-state index in [2.05, 4.69) is 12.6 Å². The molecule has 3 nitrogen and oxygen atoms in total. The van der Waals surface area contributed by atoms with E-state index in [1.807, 2.05) is 24.9 Å². The zero-order valence-electron chi connectivity index (χ0n) is 9.19. The van der Waals surface area contributed by atoms with Crippen molar-refractivity contribution in [2.24, 2.45) is 0 Å². The standard InChI is InChI=1S/C11H13NO2S2/c1-7-6-13-11-8(16)5-9(14-10(7)11)12(2)3-4-15/h5-6,15H,3-4H2,1-2H3. The monoisotopic (exact) mass is 255 g/mol. The molecule has 5 heteroatoms. The summed E-state index contributed by atoms with van der Waals surface area (Å²) in [6.45, 7) is 2.75. The first-order valence-electron chi connectivity index (χ1n) is 4.97. The molecule has 0 unspecified atom stereocenters. The van der Waals surface area contributed by atoms with E-state index in [1.54, 1.807) is 6.26 Å². The van der Waals surface area contributed by atoms with Crippen LogP contribution in [0.2, 0.25) is 0 Å². The zero-order chi connectivity index (χ0) is 11.7. The van der Waals surface area contributed by atoms with E-state index in [4.69, 9.17) is 21.1 Å². The molecule has 2 heterocycles. The van der Waals surface area contributed by atoms with Crippen LogP contribution in [0.25, 0.3) is 11.2 Å². The van der Waals surface area contributed by atoms with Crippen LogP contribution in [0, 0.1) is 11.4 Å². The van der Waals surface area contributed by atoms with Crippen LogP contribution >= 0.6 is 24.8 Å². The maximum absolute atomic E-state index is 5.76. The van der Waals surface area contributed by atoms with Crippen molar-refractivity contribution >= 4 is 41.9 Å². The third kappa shape index (κ3) is 1.97. The maximum atomic E-state index is 5.76. The Bertz CT molecular complexity index is 559. The molecule has 0 saturated heterocycles. The number of nitrogens with zero attached hydrogens (tertiary/aromatic N) is 1. The van der Waals surface area contributed by atoms with Crippen molar-refractivity contribution < 1.29 is 8.83 Å². The summed E-state index contributed by atoms with van der Waals surface area (Å²) in [5.74, 6) is 1.51. The highest BCUT2D eigenvalue weighted by molar-refractivity contribution is 7.80. The second-order valence-corrected chi connectivity index (χ2v) is 4.56. The number of furan rings is 1. The average Bonchev–Trinajstić information content (AvgIpc) is 2.61. The second kappa shape index (κ2) is 4.51. The Hall–Kier alpha value is -0.940. The molecule has 0 fully saturated rings. The molecule has 2 rings (SSSR count).